The van der Waals surface area contributed by atoms with Gasteiger partial charge in [-0.1, -0.05) is 41.9 Å². The maximum Gasteiger partial charge on any atom is 0.269 e. The average Bonchev–Trinajstić information content (AvgIpc) is 3.08. The SMILES string of the molecule is CN(CC(=O)CCc1cccc(Cl)c1F)C(=O)Cn1nc(C(N)=O)c2ccccc21. The van der Waals surface area contributed by atoms with Gasteiger partial charge < -0.3 is 10.6 Å². The maximum absolute atomic E-state index is 13.9. The van der Waals surface area contributed by atoms with Crippen LogP contribution in [0.4, 0.5) is 4.39 Å². The molecular formula is C21H20ClFN4O3. The number of para-hydroxylation sites is 1. The van der Waals surface area contributed by atoms with Crippen molar-refractivity contribution in [2.45, 2.75) is 19.4 Å². The van der Waals surface area contributed by atoms with E-state index in [2.05, 4.69) is 5.10 Å². The highest BCUT2D eigenvalue weighted by Gasteiger charge is 2.19. The molecule has 9 heteroatoms. The van der Waals surface area contributed by atoms with Gasteiger partial charge in [-0.15, -0.1) is 0 Å². The van der Waals surface area contributed by atoms with Gasteiger partial charge in [-0.25, -0.2) is 4.39 Å². The molecule has 156 valence electrons. The molecule has 0 radical (unpaired) electrons. The van der Waals surface area contributed by atoms with Crippen LogP contribution in [0.3, 0.4) is 0 Å². The number of aryl methyl sites for hydroxylation is 1. The minimum Gasteiger partial charge on any atom is -0.364 e. The molecule has 0 saturated heterocycles. The Morgan fingerprint density at radius 1 is 1.17 bits per heavy atom. The molecule has 0 atom stereocenters. The second kappa shape index (κ2) is 9.04. The molecule has 0 aliphatic rings. The van der Waals surface area contributed by atoms with E-state index in [1.54, 1.807) is 36.4 Å². The van der Waals surface area contributed by atoms with Gasteiger partial charge in [-0.2, -0.15) is 5.10 Å². The molecule has 3 rings (SSSR count). The summed E-state index contributed by atoms with van der Waals surface area (Å²) in [7, 11) is 1.50. The molecule has 0 aliphatic heterocycles. The third-order valence-electron chi connectivity index (χ3n) is 4.72. The molecule has 0 bridgehead atoms. The lowest BCUT2D eigenvalue weighted by Gasteiger charge is -2.16. The fourth-order valence-corrected chi connectivity index (χ4v) is 3.32. The van der Waals surface area contributed by atoms with Crippen molar-refractivity contribution in [1.82, 2.24) is 14.7 Å². The third-order valence-corrected chi connectivity index (χ3v) is 5.01. The number of hydrogen-bond acceptors (Lipinski definition) is 4. The summed E-state index contributed by atoms with van der Waals surface area (Å²) in [4.78, 5) is 37.7. The number of benzene rings is 2. The zero-order chi connectivity index (χ0) is 21.8. The van der Waals surface area contributed by atoms with Gasteiger partial charge in [-0.3, -0.25) is 19.1 Å². The molecule has 2 N–H and O–H groups in total. The summed E-state index contributed by atoms with van der Waals surface area (Å²) in [6.07, 6.45) is 0.268. The van der Waals surface area contributed by atoms with Crippen molar-refractivity contribution in [2.75, 3.05) is 13.6 Å². The Morgan fingerprint density at radius 3 is 2.63 bits per heavy atom. The summed E-state index contributed by atoms with van der Waals surface area (Å²) < 4.78 is 15.3. The first-order valence-corrected chi connectivity index (χ1v) is 9.59. The number of amides is 2. The van der Waals surface area contributed by atoms with Crippen LogP contribution in [-0.4, -0.2) is 45.9 Å². The van der Waals surface area contributed by atoms with Crippen LogP contribution >= 0.6 is 11.6 Å². The van der Waals surface area contributed by atoms with E-state index in [0.29, 0.717) is 16.5 Å². The zero-order valence-electron chi connectivity index (χ0n) is 16.3. The van der Waals surface area contributed by atoms with Gasteiger partial charge in [0.25, 0.3) is 5.91 Å². The van der Waals surface area contributed by atoms with E-state index in [9.17, 15) is 18.8 Å². The van der Waals surface area contributed by atoms with Gasteiger partial charge in [0.05, 0.1) is 17.1 Å². The van der Waals surface area contributed by atoms with E-state index in [0.717, 1.165) is 0 Å². The van der Waals surface area contributed by atoms with Crippen molar-refractivity contribution in [3.63, 3.8) is 0 Å². The van der Waals surface area contributed by atoms with Crippen LogP contribution in [0.15, 0.2) is 42.5 Å². The van der Waals surface area contributed by atoms with Crippen LogP contribution in [0.2, 0.25) is 5.02 Å². The molecule has 7 nitrogen and oxygen atoms in total. The number of fused-ring (bicyclic) bond motifs is 1. The van der Waals surface area contributed by atoms with Gasteiger partial charge in [0.15, 0.2) is 11.5 Å². The van der Waals surface area contributed by atoms with Gasteiger partial charge in [0, 0.05) is 18.9 Å². The highest BCUT2D eigenvalue weighted by atomic mass is 35.5. The largest absolute Gasteiger partial charge is 0.364 e. The number of halogens is 2. The number of primary amides is 1. The van der Waals surface area contributed by atoms with E-state index < -0.39 is 11.7 Å². The Kier molecular flexibility index (Phi) is 6.47. The number of rotatable bonds is 8. The van der Waals surface area contributed by atoms with Gasteiger partial charge >= 0.3 is 0 Å². The molecule has 2 amide bonds. The van der Waals surface area contributed by atoms with Crippen LogP contribution in [0.1, 0.15) is 22.5 Å². The van der Waals surface area contributed by atoms with Gasteiger partial charge in [0.1, 0.15) is 12.4 Å². The smallest absolute Gasteiger partial charge is 0.269 e. The van der Waals surface area contributed by atoms with Crippen LogP contribution in [0.5, 0.6) is 0 Å². The van der Waals surface area contributed by atoms with Crippen LogP contribution in [0, 0.1) is 5.82 Å². The first-order valence-electron chi connectivity index (χ1n) is 9.22. The summed E-state index contributed by atoms with van der Waals surface area (Å²) >= 11 is 5.74. The number of hydrogen-bond donors (Lipinski definition) is 1. The lowest BCUT2D eigenvalue weighted by Crippen LogP contribution is -2.35. The number of likely N-dealkylation sites (N-methyl/N-ethyl adjacent to an activating group) is 1. The molecule has 0 unspecified atom stereocenters. The van der Waals surface area contributed by atoms with E-state index >= 15 is 0 Å². The lowest BCUT2D eigenvalue weighted by molar-refractivity contribution is -0.134. The summed E-state index contributed by atoms with van der Waals surface area (Å²) in [6, 6.07) is 11.6. The van der Waals surface area contributed by atoms with Crippen molar-refractivity contribution in [3.05, 3.63) is 64.6 Å². The topological polar surface area (TPSA) is 98.3 Å². The van der Waals surface area contributed by atoms with E-state index in [1.165, 1.54) is 22.7 Å². The second-order valence-corrected chi connectivity index (χ2v) is 7.30. The summed E-state index contributed by atoms with van der Waals surface area (Å²) in [5.41, 5.74) is 6.39. The van der Waals surface area contributed by atoms with Crippen LogP contribution < -0.4 is 5.73 Å². The van der Waals surface area contributed by atoms with Crippen molar-refractivity contribution in [1.29, 1.82) is 0 Å². The molecular weight excluding hydrogens is 411 g/mol. The zero-order valence-corrected chi connectivity index (χ0v) is 17.0. The van der Waals surface area contributed by atoms with Gasteiger partial charge in [0.2, 0.25) is 5.91 Å². The van der Waals surface area contributed by atoms with Crippen molar-refractivity contribution in [2.24, 2.45) is 5.73 Å². The molecule has 30 heavy (non-hydrogen) atoms. The number of nitrogens with zero attached hydrogens (tertiary/aromatic N) is 3. The van der Waals surface area contributed by atoms with Crippen molar-refractivity contribution < 1.29 is 18.8 Å². The number of carbonyl (C=O) groups is 3. The molecule has 3 aromatic rings. The number of carbonyl (C=O) groups excluding carboxylic acids is 3. The number of ketones is 1. The fourth-order valence-electron chi connectivity index (χ4n) is 3.13. The molecule has 1 aromatic heterocycles. The highest BCUT2D eigenvalue weighted by Crippen LogP contribution is 2.20. The Balaban J connectivity index is 1.62. The van der Waals surface area contributed by atoms with Gasteiger partial charge in [-0.05, 0) is 24.1 Å². The molecule has 2 aromatic carbocycles. The minimum atomic E-state index is -0.686. The van der Waals surface area contributed by atoms with Crippen molar-refractivity contribution >= 4 is 40.1 Å². The number of nitrogens with two attached hydrogens (primary N) is 1. The Morgan fingerprint density at radius 2 is 1.90 bits per heavy atom. The molecule has 0 aliphatic carbocycles. The first kappa shape index (κ1) is 21.4. The Bertz CT molecular complexity index is 1130. The monoisotopic (exact) mass is 430 g/mol. The van der Waals surface area contributed by atoms with E-state index in [4.69, 9.17) is 17.3 Å². The Hall–Kier alpha value is -3.26. The third kappa shape index (κ3) is 4.65. The minimum absolute atomic E-state index is 0.00836. The quantitative estimate of drug-likeness (QED) is 0.593. The molecule has 0 saturated carbocycles. The lowest BCUT2D eigenvalue weighted by atomic mass is 10.1. The first-order chi connectivity index (χ1) is 14.3. The number of Topliss-reactive ketones (excluding diaryl/α,β-unsaturated/α-hetero) is 1. The summed E-state index contributed by atoms with van der Waals surface area (Å²) in [5.74, 6) is -1.80. The highest BCUT2D eigenvalue weighted by molar-refractivity contribution is 6.30. The summed E-state index contributed by atoms with van der Waals surface area (Å²) in [5, 5.41) is 4.70. The van der Waals surface area contributed by atoms with Crippen molar-refractivity contribution in [3.8, 4) is 0 Å². The number of aromatic nitrogens is 2. The van der Waals surface area contributed by atoms with E-state index in [1.807, 2.05) is 0 Å². The summed E-state index contributed by atoms with van der Waals surface area (Å²) in [6.45, 7) is -0.274. The molecule has 1 heterocycles. The molecule has 0 fully saturated rings. The molecule has 0 spiro atoms. The second-order valence-electron chi connectivity index (χ2n) is 6.89. The van der Waals surface area contributed by atoms with Crippen LogP contribution in [0.25, 0.3) is 10.9 Å². The normalized spacial score (nSPS) is 10.9. The van der Waals surface area contributed by atoms with E-state index in [-0.39, 0.29) is 48.3 Å². The standard InChI is InChI=1S/C21H20ClFN4O3/c1-26(11-14(28)10-9-13-5-4-7-16(22)19(13)23)18(29)12-27-17-8-3-2-6-15(17)20(25-27)21(24)30/h2-8H,9-12H2,1H3,(H2,24,30). The maximum atomic E-state index is 13.9. The average molecular weight is 431 g/mol. The van der Waals surface area contributed by atoms with Crippen LogP contribution in [-0.2, 0) is 22.6 Å². The predicted molar refractivity (Wildman–Crippen MR) is 111 cm³/mol. The Labute approximate surface area is 177 Å². The fraction of sp³-hybridized carbons (Fsp3) is 0.238. The predicted octanol–water partition coefficient (Wildman–Crippen LogP) is 2.59.